The van der Waals surface area contributed by atoms with Gasteiger partial charge in [0.25, 0.3) is 0 Å². The number of ether oxygens (including phenoxy) is 3. The van der Waals surface area contributed by atoms with Gasteiger partial charge in [0.05, 0.1) is 25.9 Å². The largest absolute Gasteiger partial charge is 0.493 e. The molecule has 0 radical (unpaired) electrons. The highest BCUT2D eigenvalue weighted by Crippen LogP contribution is 2.35. The Morgan fingerprint density at radius 2 is 1.53 bits per heavy atom. The first-order valence-corrected chi connectivity index (χ1v) is 13.6. The molecule has 0 amide bonds. The Morgan fingerprint density at radius 3 is 2.11 bits per heavy atom. The maximum Gasteiger partial charge on any atom is 0.122 e. The Kier molecular flexibility index (Phi) is 12.0. The van der Waals surface area contributed by atoms with Crippen LogP contribution in [0.15, 0.2) is 36.4 Å². The van der Waals surface area contributed by atoms with Crippen molar-refractivity contribution in [1.82, 2.24) is 9.80 Å². The fourth-order valence-corrected chi connectivity index (χ4v) is 4.71. The summed E-state index contributed by atoms with van der Waals surface area (Å²) in [4.78, 5) is 4.61. The first kappa shape index (κ1) is 28.5. The molecule has 0 aliphatic carbocycles. The van der Waals surface area contributed by atoms with E-state index in [0.717, 1.165) is 94.2 Å². The number of hydrogen-bond donors (Lipinski definition) is 1. The third kappa shape index (κ3) is 8.77. The monoisotopic (exact) mass is 498 g/mol. The lowest BCUT2D eigenvalue weighted by atomic mass is 9.95. The van der Waals surface area contributed by atoms with Gasteiger partial charge in [0.1, 0.15) is 11.5 Å². The maximum absolute atomic E-state index is 9.69. The highest BCUT2D eigenvalue weighted by Gasteiger charge is 2.19. The Labute approximate surface area is 218 Å². The lowest BCUT2D eigenvalue weighted by Gasteiger charge is -2.19. The van der Waals surface area contributed by atoms with Crippen molar-refractivity contribution in [2.45, 2.75) is 52.6 Å². The third-order valence-corrected chi connectivity index (χ3v) is 6.89. The first-order chi connectivity index (χ1) is 17.5. The molecule has 3 rings (SSSR count). The number of hydrogen-bond acceptors (Lipinski definition) is 6. The van der Waals surface area contributed by atoms with Gasteiger partial charge >= 0.3 is 0 Å². The minimum Gasteiger partial charge on any atom is -0.493 e. The van der Waals surface area contributed by atoms with Crippen LogP contribution in [-0.2, 0) is 4.74 Å². The zero-order chi connectivity index (χ0) is 25.8. The van der Waals surface area contributed by atoms with Crippen molar-refractivity contribution in [1.29, 1.82) is 0 Å². The molecule has 6 nitrogen and oxygen atoms in total. The molecule has 0 bridgehead atoms. The molecule has 1 aliphatic heterocycles. The van der Waals surface area contributed by atoms with Crippen molar-refractivity contribution in [3.8, 4) is 22.6 Å². The topological polar surface area (TPSA) is 54.4 Å². The van der Waals surface area contributed by atoms with Crippen LogP contribution in [0, 0.1) is 13.8 Å². The fourth-order valence-electron chi connectivity index (χ4n) is 4.71. The van der Waals surface area contributed by atoms with Crippen molar-refractivity contribution in [3.63, 3.8) is 0 Å². The number of rotatable bonds is 16. The molecule has 2 aromatic rings. The summed E-state index contributed by atoms with van der Waals surface area (Å²) in [5.74, 6) is 1.88. The minimum atomic E-state index is -0.162. The lowest BCUT2D eigenvalue weighted by molar-refractivity contribution is 0.110. The molecule has 1 N–H and O–H groups in total. The molecule has 0 spiro atoms. The van der Waals surface area contributed by atoms with Crippen molar-refractivity contribution < 1.29 is 19.3 Å². The number of benzene rings is 2. The van der Waals surface area contributed by atoms with E-state index in [-0.39, 0.29) is 6.10 Å². The van der Waals surface area contributed by atoms with E-state index < -0.39 is 0 Å². The van der Waals surface area contributed by atoms with Gasteiger partial charge in [0.2, 0.25) is 0 Å². The molecule has 1 saturated heterocycles. The number of aliphatic hydroxyl groups excluding tert-OH is 1. The summed E-state index contributed by atoms with van der Waals surface area (Å²) in [7, 11) is 2.13. The number of likely N-dealkylation sites (N-methyl/N-ethyl adjacent to an activating group) is 1. The maximum atomic E-state index is 9.69. The molecular formula is C30H46N2O4. The van der Waals surface area contributed by atoms with Gasteiger partial charge in [-0.3, -0.25) is 0 Å². The molecule has 2 aromatic carbocycles. The Bertz CT molecular complexity index is 920. The second kappa shape index (κ2) is 15.2. The molecule has 1 fully saturated rings. The highest BCUT2D eigenvalue weighted by molar-refractivity contribution is 5.74. The van der Waals surface area contributed by atoms with Gasteiger partial charge in [0, 0.05) is 39.3 Å². The Hall–Kier alpha value is -2.12. The normalized spacial score (nSPS) is 16.1. The van der Waals surface area contributed by atoms with Gasteiger partial charge in [-0.1, -0.05) is 31.2 Å². The standard InChI is InChI=1S/C30H46N2O4/c1-5-19-34-22-18-31(4)15-8-20-35-29-12-6-10-27(24(29)2)28-11-7-13-30(25(28)3)36-21-9-16-32-17-14-26(33)23-32/h6-7,10-13,26,33H,5,8-9,14-23H2,1-4H3/t26-/m1/s1. The molecule has 200 valence electrons. The van der Waals surface area contributed by atoms with E-state index in [2.05, 4.69) is 74.0 Å². The minimum absolute atomic E-state index is 0.162. The molecule has 1 aliphatic rings. The first-order valence-electron chi connectivity index (χ1n) is 13.6. The van der Waals surface area contributed by atoms with Crippen LogP contribution in [0.2, 0.25) is 0 Å². The van der Waals surface area contributed by atoms with Gasteiger partial charge in [-0.2, -0.15) is 0 Å². The van der Waals surface area contributed by atoms with E-state index >= 15 is 0 Å². The van der Waals surface area contributed by atoms with Crippen molar-refractivity contribution in [3.05, 3.63) is 47.5 Å². The Balaban J connectivity index is 1.50. The van der Waals surface area contributed by atoms with E-state index in [4.69, 9.17) is 14.2 Å². The predicted octanol–water partition coefficient (Wildman–Crippen LogP) is 4.93. The summed E-state index contributed by atoms with van der Waals surface area (Å²) in [6.45, 7) is 14.1. The third-order valence-electron chi connectivity index (χ3n) is 6.89. The molecule has 0 saturated carbocycles. The Morgan fingerprint density at radius 1 is 0.889 bits per heavy atom. The second-order valence-electron chi connectivity index (χ2n) is 9.92. The smallest absolute Gasteiger partial charge is 0.122 e. The van der Waals surface area contributed by atoms with Gasteiger partial charge in [-0.15, -0.1) is 0 Å². The van der Waals surface area contributed by atoms with E-state index in [1.165, 1.54) is 11.1 Å². The zero-order valence-electron chi connectivity index (χ0n) is 22.8. The molecule has 36 heavy (non-hydrogen) atoms. The fraction of sp³-hybridized carbons (Fsp3) is 0.600. The quantitative estimate of drug-likeness (QED) is 0.331. The van der Waals surface area contributed by atoms with Crippen LogP contribution in [0.25, 0.3) is 11.1 Å². The summed E-state index contributed by atoms with van der Waals surface area (Å²) in [5, 5.41) is 9.69. The molecule has 6 heteroatoms. The van der Waals surface area contributed by atoms with Crippen molar-refractivity contribution in [2.24, 2.45) is 0 Å². The molecular weight excluding hydrogens is 452 g/mol. The highest BCUT2D eigenvalue weighted by atomic mass is 16.5. The molecule has 0 unspecified atom stereocenters. The van der Waals surface area contributed by atoms with E-state index in [0.29, 0.717) is 13.2 Å². The average molecular weight is 499 g/mol. The molecule has 1 atom stereocenters. The van der Waals surface area contributed by atoms with Crippen LogP contribution in [0.4, 0.5) is 0 Å². The van der Waals surface area contributed by atoms with E-state index in [9.17, 15) is 5.11 Å². The summed E-state index contributed by atoms with van der Waals surface area (Å²) < 4.78 is 17.9. The number of likely N-dealkylation sites (tertiary alicyclic amines) is 1. The summed E-state index contributed by atoms with van der Waals surface area (Å²) in [6, 6.07) is 12.6. The van der Waals surface area contributed by atoms with Crippen LogP contribution in [0.1, 0.15) is 43.7 Å². The lowest BCUT2D eigenvalue weighted by Crippen LogP contribution is -2.25. The van der Waals surface area contributed by atoms with Crippen LogP contribution < -0.4 is 9.47 Å². The predicted molar refractivity (Wildman–Crippen MR) is 147 cm³/mol. The summed E-state index contributed by atoms with van der Waals surface area (Å²) in [6.07, 6.45) is 3.73. The van der Waals surface area contributed by atoms with Crippen LogP contribution in [0.3, 0.4) is 0 Å². The SMILES string of the molecule is CCCOCCN(C)CCCOc1cccc(-c2cccc(OCCCN3CC[C@@H](O)C3)c2C)c1C. The van der Waals surface area contributed by atoms with Gasteiger partial charge in [-0.05, 0) is 81.0 Å². The number of β-amino-alcohol motifs (C(OH)–C–C–N with tert-alkyl or cyclic N) is 1. The van der Waals surface area contributed by atoms with Crippen LogP contribution >= 0.6 is 0 Å². The summed E-state index contributed by atoms with van der Waals surface area (Å²) >= 11 is 0. The van der Waals surface area contributed by atoms with Gasteiger partial charge in [0.15, 0.2) is 0 Å². The zero-order valence-corrected chi connectivity index (χ0v) is 22.8. The number of aliphatic hydroxyl groups is 1. The van der Waals surface area contributed by atoms with E-state index in [1.807, 2.05) is 0 Å². The van der Waals surface area contributed by atoms with Gasteiger partial charge in [-0.25, -0.2) is 0 Å². The molecule has 1 heterocycles. The summed E-state index contributed by atoms with van der Waals surface area (Å²) in [5.41, 5.74) is 4.68. The van der Waals surface area contributed by atoms with Crippen LogP contribution in [-0.4, -0.2) is 87.2 Å². The van der Waals surface area contributed by atoms with E-state index in [1.54, 1.807) is 0 Å². The second-order valence-corrected chi connectivity index (χ2v) is 9.92. The van der Waals surface area contributed by atoms with Crippen molar-refractivity contribution >= 4 is 0 Å². The average Bonchev–Trinajstić information content (AvgIpc) is 3.29. The van der Waals surface area contributed by atoms with Crippen LogP contribution in [0.5, 0.6) is 11.5 Å². The molecule has 0 aromatic heterocycles. The van der Waals surface area contributed by atoms with Crippen molar-refractivity contribution in [2.75, 3.05) is 66.2 Å². The van der Waals surface area contributed by atoms with Gasteiger partial charge < -0.3 is 29.1 Å². The number of nitrogens with zero attached hydrogens (tertiary/aromatic N) is 2.